The lowest BCUT2D eigenvalue weighted by molar-refractivity contribution is -0.0994. The fraction of sp³-hybridized carbons (Fsp3) is 0.583. The van der Waals surface area contributed by atoms with Crippen LogP contribution in [0, 0.1) is 17.8 Å². The fourth-order valence-electron chi connectivity index (χ4n) is 7.91. The van der Waals surface area contributed by atoms with Crippen molar-refractivity contribution in [2.75, 3.05) is 51.5 Å². The largest absolute Gasteiger partial charge is 0.490 e. The van der Waals surface area contributed by atoms with Gasteiger partial charge in [0.2, 0.25) is 10.0 Å². The molecule has 2 aromatic carbocycles. The molecule has 1 fully saturated rings. The monoisotopic (exact) mass is 686 g/mol. The highest BCUT2D eigenvalue weighted by atomic mass is 35.5. The Balaban J connectivity index is 1.42. The van der Waals surface area contributed by atoms with Gasteiger partial charge in [-0.15, -0.1) is 0 Å². The summed E-state index contributed by atoms with van der Waals surface area (Å²) < 4.78 is 46.7. The van der Waals surface area contributed by atoms with E-state index in [-0.39, 0.29) is 35.3 Å². The van der Waals surface area contributed by atoms with Gasteiger partial charge in [0.05, 0.1) is 37.4 Å². The number of carbonyl (C=O) groups excluding carboxylic acids is 1. The zero-order valence-corrected chi connectivity index (χ0v) is 29.1. The highest BCUT2D eigenvalue weighted by Crippen LogP contribution is 2.48. The number of aliphatic hydroxyl groups is 1. The van der Waals surface area contributed by atoms with Gasteiger partial charge in [0, 0.05) is 36.2 Å². The number of methoxy groups -OCH3 is 1. The number of fused-ring (bicyclic) bond motifs is 4. The van der Waals surface area contributed by atoms with E-state index in [1.165, 1.54) is 11.1 Å². The highest BCUT2D eigenvalue weighted by Gasteiger charge is 2.48. The van der Waals surface area contributed by atoms with Crippen LogP contribution < -0.4 is 14.4 Å². The molecule has 1 spiro atoms. The number of halogens is 1. The van der Waals surface area contributed by atoms with E-state index in [0.717, 1.165) is 42.8 Å². The number of nitrogens with one attached hydrogen (secondary N) is 1. The number of nitrogens with zero attached hydrogens (tertiary/aromatic N) is 1. The van der Waals surface area contributed by atoms with Crippen LogP contribution in [0.25, 0.3) is 0 Å². The summed E-state index contributed by atoms with van der Waals surface area (Å²) in [5, 5.41) is 12.1. The van der Waals surface area contributed by atoms with Gasteiger partial charge in [-0.25, -0.2) is 13.1 Å². The lowest BCUT2D eigenvalue weighted by Crippen LogP contribution is -2.54. The third-order valence-electron chi connectivity index (χ3n) is 11.0. The second-order valence-electron chi connectivity index (χ2n) is 14.1. The second-order valence-corrected chi connectivity index (χ2v) is 16.5. The molecule has 11 heteroatoms. The third-order valence-corrected chi connectivity index (χ3v) is 13.2. The Morgan fingerprint density at radius 1 is 1.15 bits per heavy atom. The molecule has 2 bridgehead atoms. The summed E-state index contributed by atoms with van der Waals surface area (Å²) in [6.07, 6.45) is 8.77. The molecular weight excluding hydrogens is 640 g/mol. The first-order valence-corrected chi connectivity index (χ1v) is 18.7. The minimum absolute atomic E-state index is 0.0711. The standard InChI is InChI=1S/C36H47ClN2O7S/c1-24-6-4-15-36(41,23-45-17-16-44-3)31-11-8-28(31)20-39-21-35(14-5-7-26-18-29(37)10-12-30(26)35)22-46-33-13-9-27(19-32(33)39)34(40)38-47(42,43)25(24)2/h4,9-10,12-13,15,18-19,24-25,28,31,41H,5-8,11,14,16-17,20-23H2,1-3H3,(H,38,40)/b15-4-/t24-,25+,28-,31+,35-,36+/m0/s1. The molecule has 1 amide bonds. The maximum absolute atomic E-state index is 13.5. The average molecular weight is 687 g/mol. The van der Waals surface area contributed by atoms with Crippen molar-refractivity contribution in [1.82, 2.24) is 4.72 Å². The van der Waals surface area contributed by atoms with Gasteiger partial charge in [-0.1, -0.05) is 36.7 Å². The smallest absolute Gasteiger partial charge is 0.264 e. The Bertz CT molecular complexity index is 1620. The van der Waals surface area contributed by atoms with Gasteiger partial charge < -0.3 is 24.2 Å². The van der Waals surface area contributed by atoms with E-state index in [2.05, 4.69) is 21.8 Å². The molecule has 0 aromatic heterocycles. The first kappa shape index (κ1) is 34.2. The number of benzene rings is 2. The van der Waals surface area contributed by atoms with Crippen LogP contribution >= 0.6 is 11.6 Å². The number of anilines is 1. The average Bonchev–Trinajstić information content (AvgIpc) is 3.17. The SMILES string of the molecule is COCCOC[C@]1(O)/C=C\C[C@H](C)[C@@H](C)S(=O)(=O)NC(=O)c2ccc3c(c2)N(C[C@@H]2CC[C@H]21)C[C@@]1(CCCc2cc(Cl)ccc21)CO3. The molecule has 47 heavy (non-hydrogen) atoms. The number of ether oxygens (including phenoxy) is 3. The van der Waals surface area contributed by atoms with E-state index in [1.807, 2.05) is 25.1 Å². The Hall–Kier alpha value is -2.63. The molecule has 2 heterocycles. The van der Waals surface area contributed by atoms with Gasteiger partial charge >= 0.3 is 0 Å². The van der Waals surface area contributed by atoms with Gasteiger partial charge in [-0.3, -0.25) is 4.79 Å². The van der Waals surface area contributed by atoms with E-state index >= 15 is 0 Å². The maximum Gasteiger partial charge on any atom is 0.264 e. The lowest BCUT2D eigenvalue weighted by atomic mass is 9.64. The van der Waals surface area contributed by atoms with Crippen LogP contribution in [0.2, 0.25) is 5.02 Å². The molecule has 2 N–H and O–H groups in total. The Kier molecular flexibility index (Phi) is 9.99. The molecule has 0 radical (unpaired) electrons. The van der Waals surface area contributed by atoms with Gasteiger partial charge in [-0.05, 0) is 105 Å². The Labute approximate surface area is 283 Å². The van der Waals surface area contributed by atoms with E-state index in [0.29, 0.717) is 45.1 Å². The molecule has 0 unspecified atom stereocenters. The molecule has 1 saturated carbocycles. The second kappa shape index (κ2) is 13.7. The quantitative estimate of drug-likeness (QED) is 0.323. The zero-order chi connectivity index (χ0) is 33.4. The number of rotatable bonds is 5. The van der Waals surface area contributed by atoms with Crippen molar-refractivity contribution in [2.45, 2.75) is 68.6 Å². The topological polar surface area (TPSA) is 114 Å². The van der Waals surface area contributed by atoms with Crippen molar-refractivity contribution in [3.63, 3.8) is 0 Å². The van der Waals surface area contributed by atoms with E-state index in [4.69, 9.17) is 25.8 Å². The number of amides is 1. The van der Waals surface area contributed by atoms with Crippen LogP contribution in [-0.2, 0) is 31.3 Å². The molecule has 9 nitrogen and oxygen atoms in total. The zero-order valence-electron chi connectivity index (χ0n) is 27.5. The maximum atomic E-state index is 13.5. The minimum atomic E-state index is -3.98. The number of hydrogen-bond donors (Lipinski definition) is 2. The molecule has 256 valence electrons. The van der Waals surface area contributed by atoms with Crippen LogP contribution in [0.15, 0.2) is 48.6 Å². The molecule has 6 rings (SSSR count). The molecule has 2 aromatic rings. The first-order chi connectivity index (χ1) is 22.4. The summed E-state index contributed by atoms with van der Waals surface area (Å²) in [6, 6.07) is 11.3. The van der Waals surface area contributed by atoms with Crippen LogP contribution in [-0.4, -0.2) is 76.9 Å². The Morgan fingerprint density at radius 2 is 1.98 bits per heavy atom. The highest BCUT2D eigenvalue weighted by molar-refractivity contribution is 7.90. The van der Waals surface area contributed by atoms with Crippen LogP contribution in [0.1, 0.15) is 67.4 Å². The molecule has 4 aliphatic rings. The van der Waals surface area contributed by atoms with Crippen LogP contribution in [0.4, 0.5) is 5.69 Å². The number of aryl methyl sites for hydroxylation is 1. The normalized spacial score (nSPS) is 32.6. The lowest BCUT2D eigenvalue weighted by Gasteiger charge is -2.49. The molecule has 6 atom stereocenters. The van der Waals surface area contributed by atoms with Gasteiger partial charge in [0.25, 0.3) is 5.91 Å². The van der Waals surface area contributed by atoms with Crippen LogP contribution in [0.5, 0.6) is 5.75 Å². The van der Waals surface area contributed by atoms with Gasteiger partial charge in [0.1, 0.15) is 11.4 Å². The van der Waals surface area contributed by atoms with Crippen molar-refractivity contribution in [1.29, 1.82) is 0 Å². The van der Waals surface area contributed by atoms with Crippen molar-refractivity contribution in [3.8, 4) is 5.75 Å². The molecule has 0 saturated heterocycles. The summed E-state index contributed by atoms with van der Waals surface area (Å²) in [7, 11) is -2.37. The number of sulfonamides is 1. The Morgan fingerprint density at radius 3 is 2.74 bits per heavy atom. The first-order valence-electron chi connectivity index (χ1n) is 16.8. The fourth-order valence-corrected chi connectivity index (χ4v) is 9.39. The number of allylic oxidation sites excluding steroid dienone is 1. The summed E-state index contributed by atoms with van der Waals surface area (Å²) in [5.41, 5.74) is 1.93. The number of hydrogen-bond acceptors (Lipinski definition) is 8. The predicted octanol–water partition coefficient (Wildman–Crippen LogP) is 5.28. The molecular formula is C36H47ClN2O7S. The molecule has 2 aliphatic carbocycles. The predicted molar refractivity (Wildman–Crippen MR) is 183 cm³/mol. The van der Waals surface area contributed by atoms with Gasteiger partial charge in [-0.2, -0.15) is 0 Å². The van der Waals surface area contributed by atoms with E-state index in [9.17, 15) is 18.3 Å². The third kappa shape index (κ3) is 6.95. The summed E-state index contributed by atoms with van der Waals surface area (Å²) in [4.78, 5) is 15.8. The van der Waals surface area contributed by atoms with E-state index < -0.39 is 26.8 Å². The van der Waals surface area contributed by atoms with Crippen LogP contribution in [0.3, 0.4) is 0 Å². The number of carbonyl (C=O) groups is 1. The molecule has 2 aliphatic heterocycles. The van der Waals surface area contributed by atoms with Crippen molar-refractivity contribution in [2.24, 2.45) is 17.8 Å². The summed E-state index contributed by atoms with van der Waals surface area (Å²) in [5.74, 6) is -0.234. The van der Waals surface area contributed by atoms with Crippen molar-refractivity contribution >= 4 is 33.2 Å². The summed E-state index contributed by atoms with van der Waals surface area (Å²) >= 11 is 6.43. The van der Waals surface area contributed by atoms with E-state index in [1.54, 1.807) is 32.2 Å². The summed E-state index contributed by atoms with van der Waals surface area (Å²) in [6.45, 7) is 6.11. The minimum Gasteiger partial charge on any atom is -0.490 e. The van der Waals surface area contributed by atoms with Gasteiger partial charge in [0.15, 0.2) is 0 Å². The van der Waals surface area contributed by atoms with Crippen molar-refractivity contribution in [3.05, 3.63) is 70.3 Å². The van der Waals surface area contributed by atoms with Crippen molar-refractivity contribution < 1.29 is 32.5 Å².